The third kappa shape index (κ3) is 7.08. The maximum Gasteiger partial charge on any atom is 0.225 e. The molecule has 0 saturated carbocycles. The number of nitrogens with zero attached hydrogens (tertiary/aromatic N) is 3. The van der Waals surface area contributed by atoms with Crippen LogP contribution in [0.1, 0.15) is 26.5 Å². The Labute approximate surface area is 170 Å². The summed E-state index contributed by atoms with van der Waals surface area (Å²) in [6.07, 6.45) is 1.83. The Bertz CT molecular complexity index is 589. The Morgan fingerprint density at radius 1 is 1.11 bits per heavy atom. The fourth-order valence-corrected chi connectivity index (χ4v) is 3.48. The van der Waals surface area contributed by atoms with Crippen LogP contribution in [-0.4, -0.2) is 71.5 Å². The van der Waals surface area contributed by atoms with E-state index in [0.717, 1.165) is 31.3 Å². The molecule has 28 heavy (non-hydrogen) atoms. The van der Waals surface area contributed by atoms with E-state index in [1.165, 1.54) is 0 Å². The van der Waals surface area contributed by atoms with E-state index >= 15 is 0 Å². The molecule has 0 aliphatic carbocycles. The third-order valence-corrected chi connectivity index (χ3v) is 9.96. The minimum atomic E-state index is -1.77. The van der Waals surface area contributed by atoms with Crippen molar-refractivity contribution < 1.29 is 18.6 Å². The van der Waals surface area contributed by atoms with E-state index in [1.54, 1.807) is 7.11 Å². The predicted octanol–water partition coefficient (Wildman–Crippen LogP) is 3.11. The van der Waals surface area contributed by atoms with Gasteiger partial charge in [0, 0.05) is 32.3 Å². The van der Waals surface area contributed by atoms with Gasteiger partial charge in [-0.05, 0) is 24.2 Å². The van der Waals surface area contributed by atoms with Crippen LogP contribution >= 0.6 is 0 Å². The first-order chi connectivity index (χ1) is 13.2. The smallest absolute Gasteiger partial charge is 0.225 e. The van der Waals surface area contributed by atoms with Crippen LogP contribution in [0, 0.1) is 5.92 Å². The predicted molar refractivity (Wildman–Crippen MR) is 113 cm³/mol. The van der Waals surface area contributed by atoms with Crippen LogP contribution in [0.2, 0.25) is 18.1 Å². The Morgan fingerprint density at radius 3 is 2.46 bits per heavy atom. The molecule has 160 valence electrons. The average Bonchev–Trinajstić information content (AvgIpc) is 2.60. The molecule has 1 aliphatic heterocycles. The van der Waals surface area contributed by atoms with Crippen molar-refractivity contribution in [3.8, 4) is 0 Å². The molecule has 8 heteroatoms. The van der Waals surface area contributed by atoms with Gasteiger partial charge >= 0.3 is 0 Å². The first kappa shape index (κ1) is 23.2. The Morgan fingerprint density at radius 2 is 1.79 bits per heavy atom. The summed E-state index contributed by atoms with van der Waals surface area (Å²) in [5.41, 5.74) is 0.947. The van der Waals surface area contributed by atoms with Crippen molar-refractivity contribution in [3.05, 3.63) is 18.0 Å². The molecule has 0 aromatic carbocycles. The maximum absolute atomic E-state index is 6.28. The van der Waals surface area contributed by atoms with Crippen LogP contribution < -0.4 is 4.90 Å². The Balaban J connectivity index is 1.68. The van der Waals surface area contributed by atoms with Crippen LogP contribution in [0.5, 0.6) is 0 Å². The van der Waals surface area contributed by atoms with E-state index in [9.17, 15) is 0 Å². The lowest BCUT2D eigenvalue weighted by Gasteiger charge is -2.39. The van der Waals surface area contributed by atoms with E-state index < -0.39 is 8.32 Å². The molecule has 7 nitrogen and oxygen atoms in total. The molecule has 0 radical (unpaired) electrons. The molecule has 1 saturated heterocycles. The highest BCUT2D eigenvalue weighted by atomic mass is 28.4. The van der Waals surface area contributed by atoms with E-state index in [4.69, 9.17) is 23.6 Å². The van der Waals surface area contributed by atoms with Gasteiger partial charge in [-0.2, -0.15) is 0 Å². The maximum atomic E-state index is 6.28. The fraction of sp³-hybridized carbons (Fsp3) is 0.800. The monoisotopic (exact) mass is 411 g/mol. The minimum absolute atomic E-state index is 0.197. The Kier molecular flexibility index (Phi) is 8.82. The first-order valence-electron chi connectivity index (χ1n) is 10.1. The van der Waals surface area contributed by atoms with Crippen molar-refractivity contribution in [2.45, 2.75) is 45.5 Å². The van der Waals surface area contributed by atoms with E-state index in [-0.39, 0.29) is 5.04 Å². The van der Waals surface area contributed by atoms with Crippen molar-refractivity contribution in [3.63, 3.8) is 0 Å². The molecule has 2 rings (SSSR count). The quantitative estimate of drug-likeness (QED) is 0.387. The highest BCUT2D eigenvalue weighted by Crippen LogP contribution is 2.37. The number of hydrogen-bond acceptors (Lipinski definition) is 7. The molecule has 0 spiro atoms. The van der Waals surface area contributed by atoms with Gasteiger partial charge in [-0.1, -0.05) is 20.8 Å². The molecule has 1 fully saturated rings. The normalized spacial score (nSPS) is 15.7. The summed E-state index contributed by atoms with van der Waals surface area (Å²) in [7, 11) is -0.105. The molecule has 1 aromatic heterocycles. The number of methoxy groups -OCH3 is 1. The summed E-state index contributed by atoms with van der Waals surface area (Å²) < 4.78 is 22.3. The largest absolute Gasteiger partial charge is 0.411 e. The van der Waals surface area contributed by atoms with Crippen molar-refractivity contribution in [1.29, 1.82) is 0 Å². The summed E-state index contributed by atoms with van der Waals surface area (Å²) >= 11 is 0. The van der Waals surface area contributed by atoms with Gasteiger partial charge in [0.25, 0.3) is 0 Å². The molecular formula is C20H37N3O4Si. The number of rotatable bonds is 12. The van der Waals surface area contributed by atoms with Crippen LogP contribution in [0.4, 0.5) is 5.95 Å². The minimum Gasteiger partial charge on any atom is -0.411 e. The highest BCUT2D eigenvalue weighted by Gasteiger charge is 2.37. The van der Waals surface area contributed by atoms with Gasteiger partial charge in [0.2, 0.25) is 5.95 Å². The van der Waals surface area contributed by atoms with Crippen LogP contribution in [-0.2, 0) is 25.2 Å². The number of ether oxygens (including phenoxy) is 3. The van der Waals surface area contributed by atoms with E-state index in [1.807, 2.05) is 12.3 Å². The topological polar surface area (TPSA) is 65.9 Å². The number of aromatic nitrogens is 2. The summed E-state index contributed by atoms with van der Waals surface area (Å²) in [5.74, 6) is 1.31. The second-order valence-corrected chi connectivity index (χ2v) is 13.7. The standard InChI is InChI=1S/C20H37N3O4Si/c1-20(2,3)28(5,6)27-16-18-7-8-21-19(22-18)23-13-17(14-23)15-26-12-11-25-10-9-24-4/h7-8,17H,9-16H2,1-6H3. The summed E-state index contributed by atoms with van der Waals surface area (Å²) in [5, 5.41) is 0.197. The Hall–Kier alpha value is -1.06. The second-order valence-electron chi connectivity index (χ2n) is 8.85. The van der Waals surface area contributed by atoms with Crippen molar-refractivity contribution in [2.75, 3.05) is 58.1 Å². The molecule has 0 atom stereocenters. The van der Waals surface area contributed by atoms with Gasteiger partial charge in [-0.3, -0.25) is 0 Å². The first-order valence-corrected chi connectivity index (χ1v) is 13.0. The lowest BCUT2D eigenvalue weighted by molar-refractivity contribution is 0.0127. The fourth-order valence-electron chi connectivity index (χ4n) is 2.54. The number of anilines is 1. The van der Waals surface area contributed by atoms with Crippen LogP contribution in [0.25, 0.3) is 0 Å². The van der Waals surface area contributed by atoms with Gasteiger partial charge in [0.1, 0.15) is 0 Å². The van der Waals surface area contributed by atoms with Gasteiger partial charge in [-0.15, -0.1) is 0 Å². The molecule has 1 aliphatic rings. The van der Waals surface area contributed by atoms with E-state index in [0.29, 0.717) is 39.0 Å². The van der Waals surface area contributed by atoms with Crippen LogP contribution in [0.3, 0.4) is 0 Å². The molecular weight excluding hydrogens is 374 g/mol. The zero-order chi connectivity index (χ0) is 20.6. The van der Waals surface area contributed by atoms with Crippen molar-refractivity contribution >= 4 is 14.3 Å². The van der Waals surface area contributed by atoms with Gasteiger partial charge in [0.15, 0.2) is 8.32 Å². The van der Waals surface area contributed by atoms with Crippen LogP contribution in [0.15, 0.2) is 12.3 Å². The van der Waals surface area contributed by atoms with E-state index in [2.05, 4.69) is 43.7 Å². The zero-order valence-electron chi connectivity index (χ0n) is 18.4. The molecule has 1 aromatic rings. The highest BCUT2D eigenvalue weighted by molar-refractivity contribution is 6.74. The lowest BCUT2D eigenvalue weighted by atomic mass is 10.0. The molecule has 0 unspecified atom stereocenters. The lowest BCUT2D eigenvalue weighted by Crippen LogP contribution is -2.49. The summed E-state index contributed by atoms with van der Waals surface area (Å²) in [4.78, 5) is 11.3. The van der Waals surface area contributed by atoms with Crippen molar-refractivity contribution in [1.82, 2.24) is 9.97 Å². The average molecular weight is 412 g/mol. The third-order valence-electron chi connectivity index (χ3n) is 5.48. The number of hydrogen-bond donors (Lipinski definition) is 0. The zero-order valence-corrected chi connectivity index (χ0v) is 19.4. The van der Waals surface area contributed by atoms with Gasteiger partial charge < -0.3 is 23.5 Å². The van der Waals surface area contributed by atoms with Gasteiger partial charge in [0.05, 0.1) is 45.3 Å². The molecule has 0 bridgehead atoms. The molecule has 0 amide bonds. The van der Waals surface area contributed by atoms with Crippen molar-refractivity contribution in [2.24, 2.45) is 5.92 Å². The summed E-state index contributed by atoms with van der Waals surface area (Å²) in [6, 6.07) is 1.95. The second kappa shape index (κ2) is 10.6. The molecule has 2 heterocycles. The molecule has 0 N–H and O–H groups in total. The summed E-state index contributed by atoms with van der Waals surface area (Å²) in [6.45, 7) is 16.9. The van der Waals surface area contributed by atoms with Gasteiger partial charge in [-0.25, -0.2) is 9.97 Å². The SMILES string of the molecule is COCCOCCOCC1CN(c2nccc(CO[Si](C)(C)C(C)(C)C)n2)C1.